The summed E-state index contributed by atoms with van der Waals surface area (Å²) in [7, 11) is -4.04. The van der Waals surface area contributed by atoms with Crippen LogP contribution < -0.4 is 5.32 Å². The number of nitrogens with one attached hydrogen (secondary N) is 1. The van der Waals surface area contributed by atoms with E-state index in [1.165, 1.54) is 22.5 Å². The Hall–Kier alpha value is -3.38. The molecule has 0 unspecified atom stereocenters. The van der Waals surface area contributed by atoms with E-state index >= 15 is 0 Å². The predicted molar refractivity (Wildman–Crippen MR) is 122 cm³/mol. The van der Waals surface area contributed by atoms with E-state index in [0.29, 0.717) is 18.4 Å². The van der Waals surface area contributed by atoms with Gasteiger partial charge in [0.25, 0.3) is 0 Å². The van der Waals surface area contributed by atoms with Gasteiger partial charge in [0.05, 0.1) is 4.90 Å². The Morgan fingerprint density at radius 2 is 1.68 bits per heavy atom. The number of alkyl halides is 3. The van der Waals surface area contributed by atoms with Crippen LogP contribution in [0, 0.1) is 17.6 Å². The number of carbonyl (C=O) groups excluding carboxylic acids is 1. The maximum absolute atomic E-state index is 14.3. The highest BCUT2D eigenvalue weighted by molar-refractivity contribution is 7.89. The molecule has 6 nitrogen and oxygen atoms in total. The van der Waals surface area contributed by atoms with Gasteiger partial charge in [-0.05, 0) is 78.4 Å². The fourth-order valence-electron chi connectivity index (χ4n) is 4.88. The summed E-state index contributed by atoms with van der Waals surface area (Å²) in [5, 5.41) is 2.66. The molecule has 6 rings (SSSR count). The highest BCUT2D eigenvalue weighted by Gasteiger charge is 2.58. The number of sulfonamides is 1. The molecule has 2 aliphatic heterocycles. The summed E-state index contributed by atoms with van der Waals surface area (Å²) in [6, 6.07) is 8.89. The van der Waals surface area contributed by atoms with Crippen molar-refractivity contribution >= 4 is 15.9 Å². The van der Waals surface area contributed by atoms with Gasteiger partial charge in [0, 0.05) is 24.3 Å². The topological polar surface area (TPSA) is 79.4 Å². The van der Waals surface area contributed by atoms with Crippen molar-refractivity contribution in [3.63, 3.8) is 0 Å². The molecule has 0 radical (unpaired) electrons. The molecule has 3 aliphatic rings. The smallest absolute Gasteiger partial charge is 0.351 e. The summed E-state index contributed by atoms with van der Waals surface area (Å²) in [5.41, 5.74) is -0.209. The molecule has 0 spiro atoms. The van der Waals surface area contributed by atoms with Crippen molar-refractivity contribution in [2.45, 2.75) is 42.5 Å². The van der Waals surface area contributed by atoms with Gasteiger partial charge < -0.3 is 5.32 Å². The molecule has 2 bridgehead atoms. The third kappa shape index (κ3) is 4.82. The zero-order valence-corrected chi connectivity index (χ0v) is 19.9. The Bertz CT molecular complexity index is 1440. The first kappa shape index (κ1) is 25.3. The largest absolute Gasteiger partial charge is 0.433 e. The summed E-state index contributed by atoms with van der Waals surface area (Å²) in [4.78, 5) is 16.4. The number of hydrogen-bond acceptors (Lipinski definition) is 4. The lowest BCUT2D eigenvalue weighted by molar-refractivity contribution is -0.141. The average Bonchev–Trinajstić information content (AvgIpc) is 3.40. The van der Waals surface area contributed by atoms with Crippen molar-refractivity contribution in [2.75, 3.05) is 0 Å². The standard InChI is InChI=1S/C25H20F5N3O3S/c26-18-2-4-21(5-3-18)37(35,36)33-20-10-17(11-20)23(33)24(34)32-12-14-7-16(9-19(27)8-14)15-1-6-22(31-13-15)25(28,29)30/h1-9,13,17,20,23H,10-12H2,(H,32,34)/t17?,20?,23-/m0/s1. The monoisotopic (exact) mass is 537 g/mol. The van der Waals surface area contributed by atoms with Crippen LogP contribution in [0.2, 0.25) is 0 Å². The Kier molecular flexibility index (Phi) is 6.27. The van der Waals surface area contributed by atoms with Crippen molar-refractivity contribution in [1.82, 2.24) is 14.6 Å². The summed E-state index contributed by atoms with van der Waals surface area (Å²) in [6.45, 7) is -0.129. The fourth-order valence-corrected chi connectivity index (χ4v) is 6.73. The van der Waals surface area contributed by atoms with Crippen LogP contribution in [0.25, 0.3) is 11.1 Å². The molecule has 2 aromatic carbocycles. The van der Waals surface area contributed by atoms with Crippen LogP contribution in [0.4, 0.5) is 22.0 Å². The van der Waals surface area contributed by atoms with Crippen LogP contribution in [0.5, 0.6) is 0 Å². The minimum absolute atomic E-state index is 0.112. The lowest BCUT2D eigenvalue weighted by atomic mass is 9.83. The third-order valence-corrected chi connectivity index (χ3v) is 8.65. The third-order valence-electron chi connectivity index (χ3n) is 6.70. The molecule has 1 saturated carbocycles. The average molecular weight is 538 g/mol. The van der Waals surface area contributed by atoms with E-state index in [4.69, 9.17) is 0 Å². The van der Waals surface area contributed by atoms with Crippen LogP contribution in [0.15, 0.2) is 65.7 Å². The maximum atomic E-state index is 14.3. The van der Waals surface area contributed by atoms with Crippen molar-refractivity contribution in [3.05, 3.63) is 83.7 Å². The predicted octanol–water partition coefficient (Wildman–Crippen LogP) is 4.51. The number of rotatable bonds is 6. The number of hydrogen-bond donors (Lipinski definition) is 1. The number of halogens is 5. The molecule has 3 fully saturated rings. The van der Waals surface area contributed by atoms with E-state index in [0.717, 1.165) is 42.6 Å². The van der Waals surface area contributed by atoms with Crippen LogP contribution in [-0.4, -0.2) is 35.7 Å². The molecular weight excluding hydrogens is 517 g/mol. The highest BCUT2D eigenvalue weighted by Crippen LogP contribution is 2.48. The van der Waals surface area contributed by atoms with Gasteiger partial charge in [0.15, 0.2) is 0 Å². The molecule has 1 aromatic heterocycles. The van der Waals surface area contributed by atoms with Crippen LogP contribution >= 0.6 is 0 Å². The normalized spacial score (nSPS) is 21.5. The quantitative estimate of drug-likeness (QED) is 0.470. The first-order chi connectivity index (χ1) is 17.4. The molecule has 1 atom stereocenters. The Morgan fingerprint density at radius 1 is 0.973 bits per heavy atom. The number of fused-ring (bicyclic) bond motifs is 1. The summed E-state index contributed by atoms with van der Waals surface area (Å²) in [5.74, 6) is -1.95. The minimum atomic E-state index is -4.60. The van der Waals surface area contributed by atoms with Gasteiger partial charge in [0.1, 0.15) is 23.4 Å². The van der Waals surface area contributed by atoms with Crippen molar-refractivity contribution in [1.29, 1.82) is 0 Å². The molecule has 3 heterocycles. The first-order valence-electron chi connectivity index (χ1n) is 11.3. The van der Waals surface area contributed by atoms with Crippen LogP contribution in [-0.2, 0) is 27.5 Å². The van der Waals surface area contributed by atoms with Gasteiger partial charge in [-0.15, -0.1) is 0 Å². The lowest BCUT2D eigenvalue weighted by Gasteiger charge is -2.25. The van der Waals surface area contributed by atoms with Gasteiger partial charge in [-0.3, -0.25) is 9.78 Å². The molecular formula is C25H20F5N3O3S. The second-order valence-corrected chi connectivity index (χ2v) is 11.0. The van der Waals surface area contributed by atoms with E-state index in [-0.39, 0.29) is 34.5 Å². The second-order valence-electron chi connectivity index (χ2n) is 9.11. The Morgan fingerprint density at radius 3 is 2.30 bits per heavy atom. The number of benzene rings is 2. The van der Waals surface area contributed by atoms with E-state index in [2.05, 4.69) is 10.3 Å². The minimum Gasteiger partial charge on any atom is -0.351 e. The number of pyridine rings is 1. The molecule has 1 amide bonds. The zero-order chi connectivity index (χ0) is 26.5. The molecule has 194 valence electrons. The molecule has 3 aromatic rings. The zero-order valence-electron chi connectivity index (χ0n) is 19.0. The fraction of sp³-hybridized carbons (Fsp3) is 0.280. The molecule has 1 aliphatic carbocycles. The molecule has 2 saturated heterocycles. The number of aromatic nitrogens is 1. The van der Waals surface area contributed by atoms with E-state index < -0.39 is 45.5 Å². The van der Waals surface area contributed by atoms with Gasteiger partial charge in [-0.2, -0.15) is 17.5 Å². The van der Waals surface area contributed by atoms with E-state index in [1.807, 2.05) is 0 Å². The summed E-state index contributed by atoms with van der Waals surface area (Å²) < 4.78 is 93.5. The first-order valence-corrected chi connectivity index (χ1v) is 12.8. The van der Waals surface area contributed by atoms with Crippen LogP contribution in [0.3, 0.4) is 0 Å². The van der Waals surface area contributed by atoms with E-state index in [9.17, 15) is 35.2 Å². The Labute approximate surface area is 209 Å². The van der Waals surface area contributed by atoms with Crippen LogP contribution in [0.1, 0.15) is 24.1 Å². The van der Waals surface area contributed by atoms with Gasteiger partial charge in [0.2, 0.25) is 15.9 Å². The molecule has 12 heteroatoms. The van der Waals surface area contributed by atoms with Gasteiger partial charge >= 0.3 is 6.18 Å². The number of amides is 1. The van der Waals surface area contributed by atoms with Crippen molar-refractivity contribution in [2.24, 2.45) is 5.92 Å². The van der Waals surface area contributed by atoms with Crippen molar-refractivity contribution in [3.8, 4) is 11.1 Å². The summed E-state index contributed by atoms with van der Waals surface area (Å²) in [6.07, 6.45) is -2.55. The lowest BCUT2D eigenvalue weighted by Crippen LogP contribution is -2.46. The molecule has 1 N–H and O–H groups in total. The number of nitrogens with zero attached hydrogens (tertiary/aromatic N) is 2. The van der Waals surface area contributed by atoms with E-state index in [1.54, 1.807) is 0 Å². The Balaban J connectivity index is 1.32. The van der Waals surface area contributed by atoms with Crippen molar-refractivity contribution < 1.29 is 35.2 Å². The summed E-state index contributed by atoms with van der Waals surface area (Å²) >= 11 is 0. The second kappa shape index (κ2) is 9.18. The maximum Gasteiger partial charge on any atom is 0.433 e. The highest BCUT2D eigenvalue weighted by atomic mass is 32.2. The van der Waals surface area contributed by atoms with Gasteiger partial charge in [-0.1, -0.05) is 6.07 Å². The molecule has 37 heavy (non-hydrogen) atoms. The number of carbonyl (C=O) groups is 1. The SMILES string of the molecule is O=C(NCc1cc(F)cc(-c2ccc(C(F)(F)F)nc2)c1)[C@@H]1C2CC(C2)N1S(=O)(=O)c1ccc(F)cc1. The van der Waals surface area contributed by atoms with Gasteiger partial charge in [-0.25, -0.2) is 17.2 Å².